The smallest absolute Gasteiger partial charge is 0.317 e. The summed E-state index contributed by atoms with van der Waals surface area (Å²) in [4.78, 5) is 26.8. The average Bonchev–Trinajstić information content (AvgIpc) is 2.69. The number of likely N-dealkylation sites (tertiary alicyclic amines) is 1. The van der Waals surface area contributed by atoms with Crippen molar-refractivity contribution in [2.24, 2.45) is 5.92 Å². The second-order valence-electron chi connectivity index (χ2n) is 7.24. The molecule has 1 aromatic carbocycles. The fourth-order valence-corrected chi connectivity index (χ4v) is 3.84. The molecule has 1 saturated heterocycles. The Kier molecular flexibility index (Phi) is 6.36. The summed E-state index contributed by atoms with van der Waals surface area (Å²) < 4.78 is 5.28. The van der Waals surface area contributed by atoms with Gasteiger partial charge in [0, 0.05) is 25.0 Å². The molecule has 3 amide bonds. The summed E-state index contributed by atoms with van der Waals surface area (Å²) in [5.41, 5.74) is 0.692. The van der Waals surface area contributed by atoms with E-state index in [0.29, 0.717) is 43.4 Å². The normalized spacial score (nSPS) is 19.0. The summed E-state index contributed by atoms with van der Waals surface area (Å²) in [5.74, 6) is 0.589. The van der Waals surface area contributed by atoms with Gasteiger partial charge in [-0.25, -0.2) is 4.79 Å². The lowest BCUT2D eigenvalue weighted by Gasteiger charge is -2.33. The highest BCUT2D eigenvalue weighted by molar-refractivity contribution is 5.94. The van der Waals surface area contributed by atoms with Crippen molar-refractivity contribution >= 4 is 17.6 Å². The molecule has 1 saturated carbocycles. The highest BCUT2D eigenvalue weighted by Crippen LogP contribution is 2.26. The second-order valence-corrected chi connectivity index (χ2v) is 7.24. The number of hydrogen-bond donors (Lipinski definition) is 2. The monoisotopic (exact) mass is 359 g/mol. The van der Waals surface area contributed by atoms with Crippen molar-refractivity contribution in [2.45, 2.75) is 51.0 Å². The predicted molar refractivity (Wildman–Crippen MR) is 101 cm³/mol. The van der Waals surface area contributed by atoms with Crippen LogP contribution in [-0.2, 0) is 4.79 Å². The number of piperidine rings is 1. The Morgan fingerprint density at radius 2 is 1.73 bits per heavy atom. The Labute approximate surface area is 155 Å². The van der Waals surface area contributed by atoms with Crippen molar-refractivity contribution in [1.82, 2.24) is 10.2 Å². The number of methoxy groups -OCH3 is 1. The van der Waals surface area contributed by atoms with Gasteiger partial charge < -0.3 is 20.3 Å². The van der Waals surface area contributed by atoms with Crippen LogP contribution in [0.25, 0.3) is 0 Å². The number of carbonyl (C=O) groups excluding carboxylic acids is 2. The highest BCUT2D eigenvalue weighted by atomic mass is 16.5. The van der Waals surface area contributed by atoms with Crippen molar-refractivity contribution in [3.63, 3.8) is 0 Å². The first kappa shape index (κ1) is 18.5. The molecule has 6 nitrogen and oxygen atoms in total. The Bertz CT molecular complexity index is 620. The van der Waals surface area contributed by atoms with E-state index in [1.807, 2.05) is 29.2 Å². The molecule has 26 heavy (non-hydrogen) atoms. The number of carbonyl (C=O) groups is 2. The third kappa shape index (κ3) is 4.68. The van der Waals surface area contributed by atoms with Gasteiger partial charge in [-0.15, -0.1) is 0 Å². The van der Waals surface area contributed by atoms with E-state index in [-0.39, 0.29) is 17.9 Å². The van der Waals surface area contributed by atoms with E-state index in [1.165, 1.54) is 19.3 Å². The van der Waals surface area contributed by atoms with Crippen LogP contribution in [0.4, 0.5) is 10.5 Å². The van der Waals surface area contributed by atoms with E-state index < -0.39 is 0 Å². The Hall–Kier alpha value is -2.24. The molecule has 0 spiro atoms. The van der Waals surface area contributed by atoms with Gasteiger partial charge >= 0.3 is 6.03 Å². The molecule has 0 bridgehead atoms. The van der Waals surface area contributed by atoms with Gasteiger partial charge in [-0.2, -0.15) is 0 Å². The van der Waals surface area contributed by atoms with Crippen LogP contribution in [0.5, 0.6) is 5.75 Å². The molecule has 1 heterocycles. The molecule has 2 N–H and O–H groups in total. The van der Waals surface area contributed by atoms with E-state index in [0.717, 1.165) is 12.8 Å². The first-order chi connectivity index (χ1) is 12.7. The fraction of sp³-hybridized carbons (Fsp3) is 0.600. The maximum absolute atomic E-state index is 12.5. The summed E-state index contributed by atoms with van der Waals surface area (Å²) in [6.07, 6.45) is 7.25. The van der Waals surface area contributed by atoms with E-state index in [9.17, 15) is 9.59 Å². The lowest BCUT2D eigenvalue weighted by atomic mass is 9.95. The largest absolute Gasteiger partial charge is 0.495 e. The summed E-state index contributed by atoms with van der Waals surface area (Å²) in [5, 5.41) is 6.12. The Balaban J connectivity index is 1.46. The number of rotatable bonds is 4. The Morgan fingerprint density at radius 3 is 2.42 bits per heavy atom. The van der Waals surface area contributed by atoms with Crippen LogP contribution in [0.3, 0.4) is 0 Å². The van der Waals surface area contributed by atoms with Gasteiger partial charge in [0.2, 0.25) is 5.91 Å². The lowest BCUT2D eigenvalue weighted by molar-refractivity contribution is -0.121. The van der Waals surface area contributed by atoms with E-state index in [2.05, 4.69) is 10.6 Å². The van der Waals surface area contributed by atoms with Crippen molar-refractivity contribution < 1.29 is 14.3 Å². The van der Waals surface area contributed by atoms with Crippen molar-refractivity contribution in [2.75, 3.05) is 25.5 Å². The molecular formula is C20H29N3O3. The van der Waals surface area contributed by atoms with Crippen molar-refractivity contribution in [3.8, 4) is 5.75 Å². The zero-order chi connectivity index (χ0) is 18.4. The van der Waals surface area contributed by atoms with Gasteiger partial charge in [0.25, 0.3) is 0 Å². The number of amides is 3. The maximum Gasteiger partial charge on any atom is 0.317 e. The third-order valence-corrected chi connectivity index (χ3v) is 5.45. The number of hydrogen-bond acceptors (Lipinski definition) is 3. The summed E-state index contributed by atoms with van der Waals surface area (Å²) in [6.45, 7) is 1.26. The number of anilines is 1. The van der Waals surface area contributed by atoms with Gasteiger partial charge in [0.15, 0.2) is 0 Å². The molecule has 2 fully saturated rings. The van der Waals surface area contributed by atoms with E-state index in [4.69, 9.17) is 4.74 Å². The highest BCUT2D eigenvalue weighted by Gasteiger charge is 2.28. The fourth-order valence-electron chi connectivity index (χ4n) is 3.84. The zero-order valence-electron chi connectivity index (χ0n) is 15.5. The third-order valence-electron chi connectivity index (χ3n) is 5.45. The number of urea groups is 1. The molecule has 3 rings (SSSR count). The van der Waals surface area contributed by atoms with Gasteiger partial charge in [0.1, 0.15) is 5.75 Å². The predicted octanol–water partition coefficient (Wildman–Crippen LogP) is 3.39. The Morgan fingerprint density at radius 1 is 1.04 bits per heavy atom. The quantitative estimate of drug-likeness (QED) is 0.866. The second kappa shape index (κ2) is 8.92. The van der Waals surface area contributed by atoms with Crippen LogP contribution in [0.2, 0.25) is 0 Å². The molecule has 1 aliphatic carbocycles. The summed E-state index contributed by atoms with van der Waals surface area (Å²) in [6, 6.07) is 7.76. The molecule has 0 unspecified atom stereocenters. The number of para-hydroxylation sites is 2. The molecule has 1 aliphatic heterocycles. The van der Waals surface area contributed by atoms with Gasteiger partial charge in [-0.05, 0) is 37.8 Å². The first-order valence-corrected chi connectivity index (χ1v) is 9.66. The maximum atomic E-state index is 12.5. The van der Waals surface area contributed by atoms with Crippen LogP contribution < -0.4 is 15.4 Å². The summed E-state index contributed by atoms with van der Waals surface area (Å²) >= 11 is 0. The molecule has 2 aliphatic rings. The molecule has 0 atom stereocenters. The molecule has 142 valence electrons. The van der Waals surface area contributed by atoms with Crippen molar-refractivity contribution in [3.05, 3.63) is 24.3 Å². The molecule has 6 heteroatoms. The lowest BCUT2D eigenvalue weighted by Crippen LogP contribution is -2.49. The molecule has 0 aromatic heterocycles. The van der Waals surface area contributed by atoms with Gasteiger partial charge in [-0.1, -0.05) is 31.4 Å². The average molecular weight is 359 g/mol. The SMILES string of the molecule is COc1ccccc1NC(=O)C1CCN(C(=O)NC2CCCCC2)CC1. The van der Waals surface area contributed by atoms with Gasteiger partial charge in [0.05, 0.1) is 12.8 Å². The zero-order valence-corrected chi connectivity index (χ0v) is 15.5. The minimum atomic E-state index is -0.0707. The topological polar surface area (TPSA) is 70.7 Å². The number of benzene rings is 1. The number of nitrogens with zero attached hydrogens (tertiary/aromatic N) is 1. The minimum Gasteiger partial charge on any atom is -0.495 e. The standard InChI is InChI=1S/C20H29N3O3/c1-26-18-10-6-5-9-17(18)22-19(24)15-11-13-23(14-12-15)20(25)21-16-7-3-2-4-8-16/h5-6,9-10,15-16H,2-4,7-8,11-14H2,1H3,(H,21,25)(H,22,24). The van der Waals surface area contributed by atoms with Crippen LogP contribution in [0.15, 0.2) is 24.3 Å². The van der Waals surface area contributed by atoms with Crippen LogP contribution >= 0.6 is 0 Å². The summed E-state index contributed by atoms with van der Waals surface area (Å²) in [7, 11) is 1.59. The van der Waals surface area contributed by atoms with Crippen LogP contribution in [-0.4, -0.2) is 43.1 Å². The van der Waals surface area contributed by atoms with Gasteiger partial charge in [-0.3, -0.25) is 4.79 Å². The van der Waals surface area contributed by atoms with Crippen molar-refractivity contribution in [1.29, 1.82) is 0 Å². The number of ether oxygens (including phenoxy) is 1. The molecule has 0 radical (unpaired) electrons. The molecule has 1 aromatic rings. The number of nitrogens with one attached hydrogen (secondary N) is 2. The van der Waals surface area contributed by atoms with E-state index >= 15 is 0 Å². The minimum absolute atomic E-state index is 0.00170. The van der Waals surface area contributed by atoms with Crippen LogP contribution in [0, 0.1) is 5.92 Å². The van der Waals surface area contributed by atoms with Crippen LogP contribution in [0.1, 0.15) is 44.9 Å². The molecular weight excluding hydrogens is 330 g/mol. The first-order valence-electron chi connectivity index (χ1n) is 9.66. The van der Waals surface area contributed by atoms with E-state index in [1.54, 1.807) is 7.11 Å².